The number of nitro benzene ring substituents is 1. The Kier molecular flexibility index (Phi) is 7.36. The molecule has 8 heteroatoms. The molecule has 29 heavy (non-hydrogen) atoms. The number of hydrogen-bond donors (Lipinski definition) is 2. The zero-order valence-electron chi connectivity index (χ0n) is 16.5. The highest BCUT2D eigenvalue weighted by atomic mass is 35.5. The number of nitrogens with one attached hydrogen (secondary N) is 2. The number of nitrogens with zero attached hydrogens (tertiary/aromatic N) is 1. The van der Waals surface area contributed by atoms with Crippen LogP contribution in [0.5, 0.6) is 0 Å². The third kappa shape index (κ3) is 4.75. The normalized spacial score (nSPS) is 11.9. The molecule has 1 heterocycles. The molecule has 2 aromatic carbocycles. The standard InChI is InChI=1S/C21H23N3O4.ClH/c1-4-28-21(25)20-18(16-7-5-6-8-17(16)23-20)19(22-13(2)3)14-9-11-15(12-10-14)24(26)27;/h5-13,19,22-23H,4H2,1-3H3;1H. The van der Waals surface area contributed by atoms with E-state index in [0.29, 0.717) is 5.69 Å². The molecule has 0 amide bonds. The van der Waals surface area contributed by atoms with Gasteiger partial charge in [0.15, 0.2) is 0 Å². The number of non-ortho nitro benzene ring substituents is 1. The summed E-state index contributed by atoms with van der Waals surface area (Å²) in [5.41, 5.74) is 2.85. The monoisotopic (exact) mass is 417 g/mol. The van der Waals surface area contributed by atoms with E-state index in [1.807, 2.05) is 38.1 Å². The molecule has 1 atom stereocenters. The SMILES string of the molecule is CCOC(=O)c1[nH]c2ccccc2c1C(NC(C)C)c1ccc([N+](=O)[O-])cc1.Cl. The summed E-state index contributed by atoms with van der Waals surface area (Å²) in [6.45, 7) is 6.06. The molecule has 1 aromatic heterocycles. The average Bonchev–Trinajstić information content (AvgIpc) is 3.06. The van der Waals surface area contributed by atoms with Crippen LogP contribution in [-0.2, 0) is 4.74 Å². The van der Waals surface area contributed by atoms with Gasteiger partial charge in [-0.2, -0.15) is 0 Å². The number of H-pyrrole nitrogens is 1. The number of hydrogen-bond acceptors (Lipinski definition) is 5. The van der Waals surface area contributed by atoms with Crippen molar-refractivity contribution < 1.29 is 14.5 Å². The second-order valence-electron chi connectivity index (χ2n) is 6.78. The highest BCUT2D eigenvalue weighted by molar-refractivity contribution is 5.99. The molecule has 154 valence electrons. The Morgan fingerprint density at radius 2 is 1.83 bits per heavy atom. The maximum absolute atomic E-state index is 12.6. The van der Waals surface area contributed by atoms with Crippen LogP contribution in [0.2, 0.25) is 0 Å². The minimum Gasteiger partial charge on any atom is -0.461 e. The van der Waals surface area contributed by atoms with E-state index >= 15 is 0 Å². The number of ether oxygens (including phenoxy) is 1. The van der Waals surface area contributed by atoms with Crippen LogP contribution in [0.25, 0.3) is 10.9 Å². The van der Waals surface area contributed by atoms with Crippen LogP contribution in [-0.4, -0.2) is 28.5 Å². The summed E-state index contributed by atoms with van der Waals surface area (Å²) in [4.78, 5) is 26.4. The summed E-state index contributed by atoms with van der Waals surface area (Å²) < 4.78 is 5.25. The van der Waals surface area contributed by atoms with Crippen LogP contribution in [0.15, 0.2) is 48.5 Å². The van der Waals surface area contributed by atoms with Gasteiger partial charge in [-0.3, -0.25) is 10.1 Å². The zero-order valence-corrected chi connectivity index (χ0v) is 17.3. The largest absolute Gasteiger partial charge is 0.461 e. The summed E-state index contributed by atoms with van der Waals surface area (Å²) >= 11 is 0. The first-order valence-electron chi connectivity index (χ1n) is 9.20. The lowest BCUT2D eigenvalue weighted by Crippen LogP contribution is -2.30. The highest BCUT2D eigenvalue weighted by Gasteiger charge is 2.27. The van der Waals surface area contributed by atoms with Crippen molar-refractivity contribution in [2.75, 3.05) is 6.61 Å². The summed E-state index contributed by atoms with van der Waals surface area (Å²) in [7, 11) is 0. The Bertz CT molecular complexity index is 999. The third-order valence-electron chi connectivity index (χ3n) is 4.45. The van der Waals surface area contributed by atoms with Crippen LogP contribution < -0.4 is 5.32 Å². The van der Waals surface area contributed by atoms with E-state index in [-0.39, 0.29) is 36.8 Å². The first-order chi connectivity index (χ1) is 13.4. The van der Waals surface area contributed by atoms with Gasteiger partial charge in [0.1, 0.15) is 5.69 Å². The minimum atomic E-state index is -0.426. The summed E-state index contributed by atoms with van der Waals surface area (Å²) in [6.07, 6.45) is 0. The number of carbonyl (C=O) groups is 1. The Morgan fingerprint density at radius 3 is 2.41 bits per heavy atom. The van der Waals surface area contributed by atoms with Crippen molar-refractivity contribution in [1.82, 2.24) is 10.3 Å². The average molecular weight is 418 g/mol. The van der Waals surface area contributed by atoms with Gasteiger partial charge in [-0.15, -0.1) is 12.4 Å². The molecule has 3 aromatic rings. The molecule has 0 fully saturated rings. The van der Waals surface area contributed by atoms with E-state index in [2.05, 4.69) is 10.3 Å². The number of para-hydroxylation sites is 1. The first kappa shape index (κ1) is 22.4. The van der Waals surface area contributed by atoms with Gasteiger partial charge in [0.25, 0.3) is 5.69 Å². The quantitative estimate of drug-likeness (QED) is 0.328. The fourth-order valence-electron chi connectivity index (χ4n) is 3.30. The van der Waals surface area contributed by atoms with Crippen molar-refractivity contribution >= 4 is 35.0 Å². The van der Waals surface area contributed by atoms with Gasteiger partial charge in [0.05, 0.1) is 17.6 Å². The van der Waals surface area contributed by atoms with Gasteiger partial charge in [0.2, 0.25) is 0 Å². The molecule has 0 spiro atoms. The van der Waals surface area contributed by atoms with Gasteiger partial charge < -0.3 is 15.0 Å². The van der Waals surface area contributed by atoms with Crippen molar-refractivity contribution in [1.29, 1.82) is 0 Å². The molecule has 0 bridgehead atoms. The summed E-state index contributed by atoms with van der Waals surface area (Å²) in [6, 6.07) is 13.8. The van der Waals surface area contributed by atoms with Gasteiger partial charge in [-0.25, -0.2) is 4.79 Å². The second kappa shape index (κ2) is 9.54. The predicted molar refractivity (Wildman–Crippen MR) is 115 cm³/mol. The predicted octanol–water partition coefficient (Wildman–Crippen LogP) is 4.76. The Labute approximate surface area is 175 Å². The molecule has 0 aliphatic rings. The van der Waals surface area contributed by atoms with Crippen molar-refractivity contribution in [2.45, 2.75) is 32.9 Å². The molecular weight excluding hydrogens is 394 g/mol. The molecule has 0 aliphatic heterocycles. The van der Waals surface area contributed by atoms with E-state index in [9.17, 15) is 14.9 Å². The van der Waals surface area contributed by atoms with Gasteiger partial charge in [-0.1, -0.05) is 30.3 Å². The molecule has 1 unspecified atom stereocenters. The van der Waals surface area contributed by atoms with E-state index in [0.717, 1.165) is 22.0 Å². The summed E-state index contributed by atoms with van der Waals surface area (Å²) in [5.74, 6) is -0.425. The zero-order chi connectivity index (χ0) is 20.3. The molecule has 2 N–H and O–H groups in total. The van der Waals surface area contributed by atoms with Gasteiger partial charge in [0, 0.05) is 34.6 Å². The third-order valence-corrected chi connectivity index (χ3v) is 4.45. The highest BCUT2D eigenvalue weighted by Crippen LogP contribution is 2.34. The molecule has 0 radical (unpaired) electrons. The molecule has 0 saturated heterocycles. The number of benzene rings is 2. The Hall–Kier alpha value is -2.90. The Morgan fingerprint density at radius 1 is 1.17 bits per heavy atom. The van der Waals surface area contributed by atoms with Crippen LogP contribution in [0, 0.1) is 10.1 Å². The molecule has 7 nitrogen and oxygen atoms in total. The lowest BCUT2D eigenvalue weighted by Gasteiger charge is -2.23. The molecule has 0 aliphatic carbocycles. The number of aromatic amines is 1. The lowest BCUT2D eigenvalue weighted by atomic mass is 9.94. The number of aromatic nitrogens is 1. The van der Waals surface area contributed by atoms with E-state index in [1.54, 1.807) is 19.1 Å². The topological polar surface area (TPSA) is 97.3 Å². The fourth-order valence-corrected chi connectivity index (χ4v) is 3.30. The van der Waals surface area contributed by atoms with Crippen LogP contribution in [0.1, 0.15) is 48.4 Å². The van der Waals surface area contributed by atoms with Crippen LogP contribution >= 0.6 is 12.4 Å². The second-order valence-corrected chi connectivity index (χ2v) is 6.78. The number of rotatable bonds is 7. The molecule has 3 rings (SSSR count). The van der Waals surface area contributed by atoms with E-state index < -0.39 is 10.9 Å². The van der Waals surface area contributed by atoms with Gasteiger partial charge >= 0.3 is 5.97 Å². The van der Waals surface area contributed by atoms with Crippen LogP contribution in [0.4, 0.5) is 5.69 Å². The fraction of sp³-hybridized carbons (Fsp3) is 0.286. The van der Waals surface area contributed by atoms with Crippen molar-refractivity contribution in [3.8, 4) is 0 Å². The smallest absolute Gasteiger partial charge is 0.355 e. The van der Waals surface area contributed by atoms with Crippen molar-refractivity contribution in [3.05, 3.63) is 75.5 Å². The maximum Gasteiger partial charge on any atom is 0.355 e. The Balaban J connectivity index is 0.00000300. The molecular formula is C21H24ClN3O4. The number of nitro groups is 1. The number of carbonyl (C=O) groups excluding carboxylic acids is 1. The number of fused-ring (bicyclic) bond motifs is 1. The lowest BCUT2D eigenvalue weighted by molar-refractivity contribution is -0.384. The summed E-state index contributed by atoms with van der Waals surface area (Å²) in [5, 5.41) is 15.4. The molecule has 0 saturated carbocycles. The van der Waals surface area contributed by atoms with Gasteiger partial charge in [-0.05, 0) is 32.4 Å². The van der Waals surface area contributed by atoms with Crippen molar-refractivity contribution in [2.24, 2.45) is 0 Å². The van der Waals surface area contributed by atoms with Crippen LogP contribution in [0.3, 0.4) is 0 Å². The minimum absolute atomic E-state index is 0. The van der Waals surface area contributed by atoms with E-state index in [4.69, 9.17) is 4.74 Å². The maximum atomic E-state index is 12.6. The number of halogens is 1. The number of esters is 1. The van der Waals surface area contributed by atoms with Crippen molar-refractivity contribution in [3.63, 3.8) is 0 Å². The first-order valence-corrected chi connectivity index (χ1v) is 9.20. The van der Waals surface area contributed by atoms with E-state index in [1.165, 1.54) is 12.1 Å².